The minimum absolute atomic E-state index is 0.295. The van der Waals surface area contributed by atoms with E-state index < -0.39 is 11.2 Å². The molecule has 0 unspecified atom stereocenters. The Hall–Kier alpha value is -3.70. The first kappa shape index (κ1) is 27.9. The summed E-state index contributed by atoms with van der Waals surface area (Å²) in [5.41, 5.74) is 1.62. The Bertz CT molecular complexity index is 1610. The zero-order valence-electron chi connectivity index (χ0n) is 23.6. The Morgan fingerprint density at radius 1 is 1.02 bits per heavy atom. The number of hydrogen-bond donors (Lipinski definition) is 0. The average Bonchev–Trinajstić information content (AvgIpc) is 3.38. The van der Waals surface area contributed by atoms with Crippen molar-refractivity contribution in [3.63, 3.8) is 0 Å². The zero-order chi connectivity index (χ0) is 28.8. The fourth-order valence-electron chi connectivity index (χ4n) is 4.72. The number of aromatic nitrogens is 5. The number of hydrogen-bond acceptors (Lipinski definition) is 8. The van der Waals surface area contributed by atoms with Gasteiger partial charge in [0.1, 0.15) is 16.7 Å². The van der Waals surface area contributed by atoms with E-state index in [0.717, 1.165) is 11.3 Å². The molecular weight excluding hydrogens is 534 g/mol. The van der Waals surface area contributed by atoms with Gasteiger partial charge in [-0.15, -0.1) is 10.2 Å². The highest BCUT2D eigenvalue weighted by Gasteiger charge is 2.30. The van der Waals surface area contributed by atoms with Gasteiger partial charge in [-0.3, -0.25) is 4.57 Å². The maximum atomic E-state index is 14.0. The lowest BCUT2D eigenvalue weighted by atomic mass is 10.1. The van der Waals surface area contributed by atoms with E-state index in [1.54, 1.807) is 34.9 Å². The minimum Gasteiger partial charge on any atom is -0.444 e. The molecule has 12 heteroatoms. The molecule has 212 valence electrons. The van der Waals surface area contributed by atoms with Crippen LogP contribution in [0.1, 0.15) is 46.0 Å². The van der Waals surface area contributed by atoms with Crippen LogP contribution in [-0.2, 0) is 21.6 Å². The maximum Gasteiger partial charge on any atom is 0.410 e. The van der Waals surface area contributed by atoms with E-state index in [0.29, 0.717) is 60.3 Å². The highest BCUT2D eigenvalue weighted by Crippen LogP contribution is 2.27. The van der Waals surface area contributed by atoms with Gasteiger partial charge in [0.25, 0.3) is 0 Å². The molecule has 0 bridgehead atoms. The van der Waals surface area contributed by atoms with Crippen LogP contribution in [0.5, 0.6) is 0 Å². The summed E-state index contributed by atoms with van der Waals surface area (Å²) in [5.74, 6) is 0.394. The van der Waals surface area contributed by atoms with Gasteiger partial charge >= 0.3 is 11.8 Å². The number of amides is 1. The van der Waals surface area contributed by atoms with Crippen molar-refractivity contribution < 1.29 is 14.3 Å². The van der Waals surface area contributed by atoms with Gasteiger partial charge in [0, 0.05) is 38.3 Å². The summed E-state index contributed by atoms with van der Waals surface area (Å²) >= 11 is 6.11. The molecule has 0 radical (unpaired) electrons. The quantitative estimate of drug-likeness (QED) is 0.355. The molecule has 1 aromatic carbocycles. The third-order valence-corrected chi connectivity index (χ3v) is 7.29. The highest BCUT2D eigenvalue weighted by molar-refractivity contribution is 6.30. The van der Waals surface area contributed by atoms with Gasteiger partial charge in [0.2, 0.25) is 0 Å². The van der Waals surface area contributed by atoms with Crippen molar-refractivity contribution in [2.45, 2.75) is 52.4 Å². The summed E-state index contributed by atoms with van der Waals surface area (Å²) in [7, 11) is 1.57. The van der Waals surface area contributed by atoms with E-state index in [2.05, 4.69) is 15.1 Å². The predicted molar refractivity (Wildman–Crippen MR) is 153 cm³/mol. The zero-order valence-corrected chi connectivity index (χ0v) is 24.4. The number of benzene rings is 1. The number of rotatable bonds is 5. The lowest BCUT2D eigenvalue weighted by molar-refractivity contribution is 0.0103. The molecule has 0 N–H and O–H groups in total. The Labute approximate surface area is 237 Å². The summed E-state index contributed by atoms with van der Waals surface area (Å²) in [6, 6.07) is 9.34. The first-order valence-electron chi connectivity index (χ1n) is 13.2. The number of carbonyl (C=O) groups excluding carboxylic acids is 1. The molecule has 1 amide bonds. The first-order valence-corrected chi connectivity index (χ1v) is 13.6. The standard InChI is InChI=1S/C28H34ClN7O4/c1-27(2,3)40-26(38)34-13-11-33(12-14-34)20-15-21-22(30-16-20)23-31-32-24(28(4,5)39-6)36(23)25(37)35(21)17-18-7-9-19(29)10-8-18/h7-10,15-16H,11-14,17H2,1-6H3. The Morgan fingerprint density at radius 2 is 1.70 bits per heavy atom. The molecule has 1 aliphatic rings. The second-order valence-corrected chi connectivity index (χ2v) is 11.8. The van der Waals surface area contributed by atoms with Gasteiger partial charge in [0.05, 0.1) is 23.9 Å². The third-order valence-electron chi connectivity index (χ3n) is 7.04. The third kappa shape index (κ3) is 5.35. The van der Waals surface area contributed by atoms with Crippen molar-refractivity contribution in [1.82, 2.24) is 29.0 Å². The number of halogens is 1. The minimum atomic E-state index is -0.849. The van der Waals surface area contributed by atoms with Crippen molar-refractivity contribution in [2.24, 2.45) is 0 Å². The van der Waals surface area contributed by atoms with Gasteiger partial charge in [-0.1, -0.05) is 23.7 Å². The number of anilines is 1. The van der Waals surface area contributed by atoms with E-state index in [1.165, 1.54) is 4.40 Å². The fourth-order valence-corrected chi connectivity index (χ4v) is 4.84. The van der Waals surface area contributed by atoms with Crippen molar-refractivity contribution in [1.29, 1.82) is 0 Å². The van der Waals surface area contributed by atoms with Crippen LogP contribution in [0.3, 0.4) is 0 Å². The number of fused-ring (bicyclic) bond motifs is 3. The highest BCUT2D eigenvalue weighted by atomic mass is 35.5. The summed E-state index contributed by atoms with van der Waals surface area (Å²) in [5, 5.41) is 9.30. The van der Waals surface area contributed by atoms with E-state index in [4.69, 9.17) is 26.1 Å². The fraction of sp³-hybridized carbons (Fsp3) is 0.464. The molecule has 0 spiro atoms. The molecule has 1 fully saturated rings. The van der Waals surface area contributed by atoms with Gasteiger partial charge in [0.15, 0.2) is 11.5 Å². The molecule has 1 saturated heterocycles. The van der Waals surface area contributed by atoms with Gasteiger partial charge in [-0.05, 0) is 58.4 Å². The largest absolute Gasteiger partial charge is 0.444 e. The molecule has 0 atom stereocenters. The Balaban J connectivity index is 1.56. The Morgan fingerprint density at radius 3 is 2.33 bits per heavy atom. The topological polar surface area (TPSA) is 107 Å². The molecule has 0 aliphatic carbocycles. The molecule has 4 aromatic rings. The second-order valence-electron chi connectivity index (χ2n) is 11.4. The smallest absolute Gasteiger partial charge is 0.410 e. The molecule has 3 aromatic heterocycles. The molecule has 11 nitrogen and oxygen atoms in total. The van der Waals surface area contributed by atoms with Crippen LogP contribution < -0.4 is 10.6 Å². The normalized spacial score (nSPS) is 14.8. The summed E-state index contributed by atoms with van der Waals surface area (Å²) in [4.78, 5) is 35.2. The van der Waals surface area contributed by atoms with Crippen LogP contribution in [-0.4, -0.2) is 74.0 Å². The number of piperazine rings is 1. The van der Waals surface area contributed by atoms with Crippen LogP contribution in [0, 0.1) is 0 Å². The van der Waals surface area contributed by atoms with Crippen molar-refractivity contribution >= 4 is 40.1 Å². The van der Waals surface area contributed by atoms with Crippen LogP contribution in [0.4, 0.5) is 10.5 Å². The maximum absolute atomic E-state index is 14.0. The van der Waals surface area contributed by atoms with E-state index in [-0.39, 0.29) is 11.8 Å². The number of ether oxygens (including phenoxy) is 2. The van der Waals surface area contributed by atoms with Crippen LogP contribution in [0.15, 0.2) is 41.3 Å². The Kier molecular flexibility index (Phi) is 7.22. The lowest BCUT2D eigenvalue weighted by Gasteiger charge is -2.36. The van der Waals surface area contributed by atoms with E-state index >= 15 is 0 Å². The monoisotopic (exact) mass is 567 g/mol. The summed E-state index contributed by atoms with van der Waals surface area (Å²) < 4.78 is 14.3. The summed E-state index contributed by atoms with van der Waals surface area (Å²) in [6.07, 6.45) is 1.46. The van der Waals surface area contributed by atoms with Crippen molar-refractivity contribution in [3.05, 3.63) is 63.4 Å². The van der Waals surface area contributed by atoms with E-state index in [9.17, 15) is 9.59 Å². The molecule has 40 heavy (non-hydrogen) atoms. The average molecular weight is 568 g/mol. The van der Waals surface area contributed by atoms with Crippen molar-refractivity contribution in [3.8, 4) is 0 Å². The molecular formula is C28H34ClN7O4. The lowest BCUT2D eigenvalue weighted by Crippen LogP contribution is -2.50. The second kappa shape index (κ2) is 10.4. The van der Waals surface area contributed by atoms with Crippen molar-refractivity contribution in [2.75, 3.05) is 38.2 Å². The number of methoxy groups -OCH3 is 1. The first-order chi connectivity index (χ1) is 18.9. The number of pyridine rings is 1. The molecule has 5 rings (SSSR count). The number of carbonyl (C=O) groups is 1. The molecule has 1 aliphatic heterocycles. The SMILES string of the molecule is COC(C)(C)c1nnc2c3ncc(N4CCN(C(=O)OC(C)(C)C)CC4)cc3n(Cc3ccc(Cl)cc3)c(=O)n12. The summed E-state index contributed by atoms with van der Waals surface area (Å²) in [6.45, 7) is 11.8. The van der Waals surface area contributed by atoms with Crippen LogP contribution >= 0.6 is 11.6 Å². The predicted octanol–water partition coefficient (Wildman–Crippen LogP) is 4.08. The van der Waals surface area contributed by atoms with Gasteiger partial charge in [-0.25, -0.2) is 19.0 Å². The van der Waals surface area contributed by atoms with Crippen LogP contribution in [0.2, 0.25) is 5.02 Å². The van der Waals surface area contributed by atoms with Gasteiger partial charge in [-0.2, -0.15) is 0 Å². The van der Waals surface area contributed by atoms with E-state index in [1.807, 2.05) is 52.8 Å². The number of nitrogens with zero attached hydrogens (tertiary/aromatic N) is 7. The van der Waals surface area contributed by atoms with Crippen LogP contribution in [0.25, 0.3) is 16.7 Å². The molecule has 4 heterocycles. The van der Waals surface area contributed by atoms with Gasteiger partial charge < -0.3 is 19.3 Å². The molecule has 0 saturated carbocycles.